The molecule has 11 nitrogen and oxygen atoms in total. The highest BCUT2D eigenvalue weighted by molar-refractivity contribution is 8.01. The number of aromatic nitrogens is 2. The van der Waals surface area contributed by atoms with Gasteiger partial charge in [0.15, 0.2) is 6.10 Å². The van der Waals surface area contributed by atoms with E-state index in [0.29, 0.717) is 5.69 Å². The molecule has 4 atom stereocenters. The van der Waals surface area contributed by atoms with Crippen molar-refractivity contribution < 1.29 is 28.8 Å². The lowest BCUT2D eigenvalue weighted by atomic mass is 9.84. The Morgan fingerprint density at radius 3 is 1.55 bits per heavy atom. The Hall–Kier alpha value is -7.79. The molecule has 1 fully saturated rings. The molecule has 2 heterocycles. The fourth-order valence-electron chi connectivity index (χ4n) is 9.04. The van der Waals surface area contributed by atoms with Crippen molar-refractivity contribution in [2.24, 2.45) is 13.0 Å². The van der Waals surface area contributed by atoms with E-state index in [2.05, 4.69) is 42.3 Å². The van der Waals surface area contributed by atoms with Crippen LogP contribution in [0.15, 0.2) is 219 Å². The third kappa shape index (κ3) is 9.16. The standard InChI is InChI=1S/C56H47N4O7PS/c1-40(61)66-51(49-37-38-58(2)57-49)50-52(62)59(54(50)69-56(43-23-11-4-12-24-43,44-25-13-5-14-26-44)45-27-15-6-16-28-45)39-68(46-29-17-7-18-30-46,47-31-19-8-20-32-47)48-35-33-42(34-36-48)55(63)67-53(60(64)65)41-21-9-3-10-22-41/h3-39,50-51,53-54H,1-2H3. The summed E-state index contributed by atoms with van der Waals surface area (Å²) in [4.78, 5) is 55.7. The topological polar surface area (TPSA) is 134 Å². The maximum Gasteiger partial charge on any atom is 0.383 e. The second kappa shape index (κ2) is 20.2. The van der Waals surface area contributed by atoms with Gasteiger partial charge < -0.3 is 14.4 Å². The molecule has 0 N–H and O–H groups in total. The molecule has 9 rings (SSSR count). The average Bonchev–Trinajstić information content (AvgIpc) is 3.84. The number of β-lactam (4-membered cyclic amide) rings is 1. The smallest absolute Gasteiger partial charge is 0.383 e. The van der Waals surface area contributed by atoms with E-state index in [4.69, 9.17) is 14.6 Å². The lowest BCUT2D eigenvalue weighted by Gasteiger charge is -2.52. The highest BCUT2D eigenvalue weighted by Crippen LogP contribution is 2.57. The molecule has 4 unspecified atom stereocenters. The van der Waals surface area contributed by atoms with E-state index in [1.807, 2.05) is 132 Å². The molecule has 8 aromatic rings. The van der Waals surface area contributed by atoms with Gasteiger partial charge in [-0.05, 0) is 69.8 Å². The van der Waals surface area contributed by atoms with Gasteiger partial charge in [0.25, 0.3) is 0 Å². The summed E-state index contributed by atoms with van der Waals surface area (Å²) in [5.74, 6) is -0.510. The number of carbonyl (C=O) groups is 3. The van der Waals surface area contributed by atoms with Gasteiger partial charge in [-0.2, -0.15) is 5.10 Å². The molecule has 0 saturated carbocycles. The number of esters is 2. The molecule has 0 spiro atoms. The largest absolute Gasteiger partial charge is 0.455 e. The number of nitro groups is 1. The van der Waals surface area contributed by atoms with E-state index in [1.54, 1.807) is 78.2 Å². The van der Waals surface area contributed by atoms with Crippen LogP contribution in [-0.2, 0) is 30.9 Å². The lowest BCUT2D eigenvalue weighted by Crippen LogP contribution is -2.62. The van der Waals surface area contributed by atoms with Gasteiger partial charge in [-0.15, -0.1) is 11.8 Å². The molecule has 0 radical (unpaired) electrons. The summed E-state index contributed by atoms with van der Waals surface area (Å²) in [6, 6.07) is 67.3. The van der Waals surface area contributed by atoms with Crippen LogP contribution in [0.2, 0.25) is 0 Å². The Labute approximate surface area is 404 Å². The highest BCUT2D eigenvalue weighted by atomic mass is 32.2. The first-order valence-corrected chi connectivity index (χ1v) is 25.0. The molecular formula is C56H47N4O7PS. The normalized spacial score (nSPS) is 15.6. The molecule has 1 aromatic heterocycles. The van der Waals surface area contributed by atoms with Gasteiger partial charge in [-0.1, -0.05) is 182 Å². The SMILES string of the molecule is CC(=O)OC(c1ccn(C)n1)C1C(=O)N(C=P(c2ccccc2)(c2ccccc2)c2ccc(C(=O)OC(c3ccccc3)[N+](=O)[O-])cc2)C1SC(c1ccccc1)(c1ccccc1)c1ccccc1. The fraction of sp³-hybridized carbons (Fsp3) is 0.125. The molecule has 0 bridgehead atoms. The first-order chi connectivity index (χ1) is 33.6. The second-order valence-corrected chi connectivity index (χ2v) is 21.1. The van der Waals surface area contributed by atoms with Crippen LogP contribution in [0.1, 0.15) is 57.6 Å². The second-order valence-electron chi connectivity index (χ2n) is 16.5. The van der Waals surface area contributed by atoms with E-state index in [9.17, 15) is 19.7 Å². The third-order valence-electron chi connectivity index (χ3n) is 12.2. The van der Waals surface area contributed by atoms with Crippen LogP contribution in [0.5, 0.6) is 0 Å². The molecular weight excluding hydrogens is 904 g/mol. The fourth-order valence-corrected chi connectivity index (χ4v) is 14.8. The number of likely N-dealkylation sites (tertiary alicyclic amines) is 1. The first kappa shape index (κ1) is 46.3. The Morgan fingerprint density at radius 1 is 0.667 bits per heavy atom. The van der Waals surface area contributed by atoms with Crippen molar-refractivity contribution in [2.75, 3.05) is 0 Å². The number of ether oxygens (including phenoxy) is 2. The summed E-state index contributed by atoms with van der Waals surface area (Å²) in [6.07, 6.45) is -0.976. The molecule has 1 amide bonds. The molecule has 1 aliphatic heterocycles. The van der Waals surface area contributed by atoms with Gasteiger partial charge in [0.05, 0.1) is 26.2 Å². The van der Waals surface area contributed by atoms with E-state index < -0.39 is 52.1 Å². The Balaban J connectivity index is 1.27. The Kier molecular flexibility index (Phi) is 13.6. The van der Waals surface area contributed by atoms with Crippen LogP contribution in [0.3, 0.4) is 0 Å². The van der Waals surface area contributed by atoms with Crippen LogP contribution < -0.4 is 15.9 Å². The molecule has 69 heavy (non-hydrogen) atoms. The number of hydrogen-bond donors (Lipinski definition) is 0. The monoisotopic (exact) mass is 950 g/mol. The quantitative estimate of drug-likeness (QED) is 0.0177. The molecule has 1 aliphatic rings. The third-order valence-corrected chi connectivity index (χ3v) is 18.0. The number of amides is 1. The van der Waals surface area contributed by atoms with E-state index in [0.717, 1.165) is 32.6 Å². The number of rotatable bonds is 16. The number of thioether (sulfide) groups is 1. The summed E-state index contributed by atoms with van der Waals surface area (Å²) in [6.45, 7) is -1.70. The van der Waals surface area contributed by atoms with Gasteiger partial charge in [-0.3, -0.25) is 24.4 Å². The van der Waals surface area contributed by atoms with E-state index in [1.165, 1.54) is 6.92 Å². The number of hydrogen-bond acceptors (Lipinski definition) is 9. The first-order valence-electron chi connectivity index (χ1n) is 22.3. The minimum Gasteiger partial charge on any atom is -0.455 e. The van der Waals surface area contributed by atoms with Crippen molar-refractivity contribution in [1.29, 1.82) is 0 Å². The zero-order chi connectivity index (χ0) is 48.0. The number of nitrogens with zero attached hydrogens (tertiary/aromatic N) is 4. The molecule has 7 aromatic carbocycles. The molecule has 1 saturated heterocycles. The molecule has 344 valence electrons. The summed E-state index contributed by atoms with van der Waals surface area (Å²) >= 11 is 1.60. The number of benzene rings is 7. The summed E-state index contributed by atoms with van der Waals surface area (Å²) in [7, 11) is 1.78. The maximum atomic E-state index is 15.6. The minimum absolute atomic E-state index is 0.118. The van der Waals surface area contributed by atoms with E-state index in [-0.39, 0.29) is 17.0 Å². The van der Waals surface area contributed by atoms with Crippen LogP contribution in [0, 0.1) is 16.0 Å². The minimum atomic E-state index is -3.05. The summed E-state index contributed by atoms with van der Waals surface area (Å²) in [5.41, 5.74) is 3.74. The van der Waals surface area contributed by atoms with Crippen LogP contribution in [0.4, 0.5) is 0 Å². The van der Waals surface area contributed by atoms with Crippen molar-refractivity contribution in [3.8, 4) is 0 Å². The summed E-state index contributed by atoms with van der Waals surface area (Å²) < 4.78 is 12.4. The number of carbonyl (C=O) groups excluding carboxylic acids is 3. The zero-order valence-electron chi connectivity index (χ0n) is 37.7. The predicted octanol–water partition coefficient (Wildman–Crippen LogP) is 9.42. The molecule has 0 aliphatic carbocycles. The van der Waals surface area contributed by atoms with E-state index >= 15 is 4.79 Å². The average molecular weight is 951 g/mol. The van der Waals surface area contributed by atoms with Crippen LogP contribution in [0.25, 0.3) is 0 Å². The van der Waals surface area contributed by atoms with Crippen molar-refractivity contribution in [3.63, 3.8) is 0 Å². The summed E-state index contributed by atoms with van der Waals surface area (Å²) in [5, 5.41) is 18.8. The van der Waals surface area contributed by atoms with Crippen molar-refractivity contribution >= 4 is 58.3 Å². The van der Waals surface area contributed by atoms with Crippen molar-refractivity contribution in [2.45, 2.75) is 29.4 Å². The Bertz CT molecular complexity index is 2990. The lowest BCUT2D eigenvalue weighted by molar-refractivity contribution is -0.574. The van der Waals surface area contributed by atoms with Crippen molar-refractivity contribution in [3.05, 3.63) is 262 Å². The molecule has 13 heteroatoms. The predicted molar refractivity (Wildman–Crippen MR) is 271 cm³/mol. The van der Waals surface area contributed by atoms with Gasteiger partial charge in [-0.25, -0.2) is 4.79 Å². The Morgan fingerprint density at radius 2 is 1.12 bits per heavy atom. The zero-order valence-corrected chi connectivity index (χ0v) is 39.4. The van der Waals surface area contributed by atoms with Crippen LogP contribution >= 0.6 is 18.6 Å². The van der Waals surface area contributed by atoms with Gasteiger partial charge in [0.1, 0.15) is 11.6 Å². The van der Waals surface area contributed by atoms with Gasteiger partial charge in [0, 0.05) is 26.1 Å². The number of aryl methyl sites for hydroxylation is 1. The van der Waals surface area contributed by atoms with Crippen LogP contribution in [-0.4, -0.2) is 48.7 Å². The van der Waals surface area contributed by atoms with Gasteiger partial charge in [0.2, 0.25) is 5.91 Å². The van der Waals surface area contributed by atoms with Gasteiger partial charge >= 0.3 is 18.2 Å². The maximum absolute atomic E-state index is 15.6. The highest BCUT2D eigenvalue weighted by Gasteiger charge is 2.57. The van der Waals surface area contributed by atoms with Crippen molar-refractivity contribution in [1.82, 2.24) is 14.7 Å².